The maximum Gasteiger partial charge on any atom is 0.0561 e. The van der Waals surface area contributed by atoms with E-state index in [1.54, 1.807) is 18.3 Å². The van der Waals surface area contributed by atoms with Crippen LogP contribution < -0.4 is 5.43 Å². The van der Waals surface area contributed by atoms with Gasteiger partial charge in [-0.1, -0.05) is 47.6 Å². The first-order valence-electron chi connectivity index (χ1n) is 5.38. The number of rotatable bonds is 4. The average Bonchev–Trinajstić information content (AvgIpc) is 2.42. The Bertz CT molecular complexity index is 568. The number of hydrazone groups is 1. The van der Waals surface area contributed by atoms with E-state index < -0.39 is 0 Å². The Balaban J connectivity index is 1.99. The molecule has 5 nitrogen and oxygen atoms in total. The van der Waals surface area contributed by atoms with Crippen molar-refractivity contribution >= 4 is 17.6 Å². The van der Waals surface area contributed by atoms with E-state index in [4.69, 9.17) is 5.53 Å². The van der Waals surface area contributed by atoms with Gasteiger partial charge in [0.15, 0.2) is 0 Å². The molecule has 0 aliphatic heterocycles. The summed E-state index contributed by atoms with van der Waals surface area (Å²) >= 11 is 0. The summed E-state index contributed by atoms with van der Waals surface area (Å²) in [6, 6.07) is 16.8. The molecule has 2 aromatic rings. The zero-order chi connectivity index (χ0) is 12.6. The van der Waals surface area contributed by atoms with Gasteiger partial charge in [0.2, 0.25) is 0 Å². The summed E-state index contributed by atoms with van der Waals surface area (Å²) in [6.07, 6.45) is 1.70. The minimum absolute atomic E-state index is 0.589. The highest BCUT2D eigenvalue weighted by Crippen LogP contribution is 2.12. The van der Waals surface area contributed by atoms with Gasteiger partial charge in [0, 0.05) is 10.6 Å². The highest BCUT2D eigenvalue weighted by atomic mass is 15.3. The van der Waals surface area contributed by atoms with E-state index in [9.17, 15) is 0 Å². The Labute approximate surface area is 104 Å². The van der Waals surface area contributed by atoms with Gasteiger partial charge in [-0.05, 0) is 23.2 Å². The summed E-state index contributed by atoms with van der Waals surface area (Å²) in [4.78, 5) is 2.72. The Morgan fingerprint density at radius 1 is 1.00 bits per heavy atom. The van der Waals surface area contributed by atoms with Crippen LogP contribution >= 0.6 is 0 Å². The average molecular weight is 237 g/mol. The minimum Gasteiger partial charge on any atom is -0.279 e. The van der Waals surface area contributed by atoms with Crippen molar-refractivity contribution in [1.29, 1.82) is 0 Å². The summed E-state index contributed by atoms with van der Waals surface area (Å²) < 4.78 is 0. The van der Waals surface area contributed by atoms with Gasteiger partial charge >= 0.3 is 0 Å². The summed E-state index contributed by atoms with van der Waals surface area (Å²) in [6.45, 7) is 0. The van der Waals surface area contributed by atoms with Crippen molar-refractivity contribution in [2.75, 3.05) is 5.43 Å². The van der Waals surface area contributed by atoms with Crippen molar-refractivity contribution in [3.05, 3.63) is 70.6 Å². The van der Waals surface area contributed by atoms with Crippen LogP contribution in [0.1, 0.15) is 5.56 Å². The molecule has 0 saturated heterocycles. The van der Waals surface area contributed by atoms with Gasteiger partial charge in [-0.2, -0.15) is 5.10 Å². The molecule has 0 atom stereocenters. The highest BCUT2D eigenvalue weighted by Gasteiger charge is 1.89. The number of hydrogen-bond donors (Lipinski definition) is 1. The van der Waals surface area contributed by atoms with Crippen LogP contribution in [0.3, 0.4) is 0 Å². The SMILES string of the molecule is [N-]=[N+]=Nc1ccc(C=NNc2ccccc2)cc1. The third kappa shape index (κ3) is 3.37. The third-order valence-corrected chi connectivity index (χ3v) is 2.23. The number of hydrogen-bond acceptors (Lipinski definition) is 3. The number of para-hydroxylation sites is 1. The van der Waals surface area contributed by atoms with E-state index in [1.165, 1.54) is 0 Å². The first-order chi connectivity index (χ1) is 8.88. The van der Waals surface area contributed by atoms with Crippen LogP contribution in [-0.4, -0.2) is 6.21 Å². The van der Waals surface area contributed by atoms with Crippen molar-refractivity contribution in [2.45, 2.75) is 0 Å². The largest absolute Gasteiger partial charge is 0.279 e. The monoisotopic (exact) mass is 237 g/mol. The first kappa shape index (κ1) is 11.7. The smallest absolute Gasteiger partial charge is 0.0561 e. The summed E-state index contributed by atoms with van der Waals surface area (Å²) in [5, 5.41) is 7.61. The van der Waals surface area contributed by atoms with Crippen LogP contribution in [0.2, 0.25) is 0 Å². The van der Waals surface area contributed by atoms with E-state index in [2.05, 4.69) is 20.6 Å². The number of azide groups is 1. The molecule has 0 aromatic heterocycles. The lowest BCUT2D eigenvalue weighted by atomic mass is 10.2. The molecule has 0 heterocycles. The number of benzene rings is 2. The Kier molecular flexibility index (Phi) is 3.95. The summed E-state index contributed by atoms with van der Waals surface area (Å²) in [5.74, 6) is 0. The van der Waals surface area contributed by atoms with Crippen LogP contribution in [0.4, 0.5) is 11.4 Å². The summed E-state index contributed by atoms with van der Waals surface area (Å²) in [7, 11) is 0. The van der Waals surface area contributed by atoms with Gasteiger partial charge in [-0.15, -0.1) is 0 Å². The fourth-order valence-corrected chi connectivity index (χ4v) is 1.37. The van der Waals surface area contributed by atoms with Gasteiger partial charge in [0.25, 0.3) is 0 Å². The number of nitrogens with zero attached hydrogens (tertiary/aromatic N) is 4. The standard InChI is InChI=1S/C13H11N5/c14-18-17-13-8-6-11(7-9-13)10-15-16-12-4-2-1-3-5-12/h1-10,16H. The Morgan fingerprint density at radius 2 is 1.72 bits per heavy atom. The molecule has 0 unspecified atom stereocenters. The molecule has 0 radical (unpaired) electrons. The molecule has 0 aliphatic rings. The molecule has 88 valence electrons. The third-order valence-electron chi connectivity index (χ3n) is 2.23. The lowest BCUT2D eigenvalue weighted by molar-refractivity contribution is 1.35. The van der Waals surface area contributed by atoms with E-state index in [1.807, 2.05) is 42.5 Å². The van der Waals surface area contributed by atoms with Gasteiger partial charge < -0.3 is 0 Å². The maximum atomic E-state index is 8.28. The quantitative estimate of drug-likeness (QED) is 0.281. The van der Waals surface area contributed by atoms with Gasteiger partial charge in [-0.25, -0.2) is 0 Å². The van der Waals surface area contributed by atoms with Gasteiger partial charge in [-0.3, -0.25) is 5.43 Å². The van der Waals surface area contributed by atoms with Crippen molar-refractivity contribution in [1.82, 2.24) is 0 Å². The van der Waals surface area contributed by atoms with Crippen molar-refractivity contribution in [3.63, 3.8) is 0 Å². The van der Waals surface area contributed by atoms with Crippen LogP contribution in [0, 0.1) is 0 Å². The van der Waals surface area contributed by atoms with Crippen molar-refractivity contribution < 1.29 is 0 Å². The van der Waals surface area contributed by atoms with Crippen LogP contribution in [0.15, 0.2) is 64.8 Å². The molecular formula is C13H11N5. The second-order valence-electron chi connectivity index (χ2n) is 3.52. The molecule has 18 heavy (non-hydrogen) atoms. The fourth-order valence-electron chi connectivity index (χ4n) is 1.37. The molecule has 0 fully saturated rings. The zero-order valence-electron chi connectivity index (χ0n) is 9.56. The molecule has 0 aliphatic carbocycles. The first-order valence-corrected chi connectivity index (χ1v) is 5.38. The van der Waals surface area contributed by atoms with Crippen LogP contribution in [0.5, 0.6) is 0 Å². The lowest BCUT2D eigenvalue weighted by Crippen LogP contribution is -1.89. The van der Waals surface area contributed by atoms with E-state index in [0.717, 1.165) is 11.3 Å². The maximum absolute atomic E-state index is 8.28. The Hall–Kier alpha value is -2.78. The molecule has 0 saturated carbocycles. The summed E-state index contributed by atoms with van der Waals surface area (Å²) in [5.41, 5.74) is 13.6. The predicted octanol–water partition coefficient (Wildman–Crippen LogP) is 4.07. The lowest BCUT2D eigenvalue weighted by Gasteiger charge is -1.98. The van der Waals surface area contributed by atoms with E-state index in [0.29, 0.717) is 5.69 Å². The molecule has 5 heteroatoms. The fraction of sp³-hybridized carbons (Fsp3) is 0. The van der Waals surface area contributed by atoms with E-state index >= 15 is 0 Å². The second kappa shape index (κ2) is 6.08. The van der Waals surface area contributed by atoms with E-state index in [-0.39, 0.29) is 0 Å². The molecule has 2 aromatic carbocycles. The molecule has 0 bridgehead atoms. The molecule has 0 spiro atoms. The van der Waals surface area contributed by atoms with Crippen LogP contribution in [-0.2, 0) is 0 Å². The molecule has 0 amide bonds. The zero-order valence-corrected chi connectivity index (χ0v) is 9.56. The van der Waals surface area contributed by atoms with Crippen LogP contribution in [0.25, 0.3) is 10.4 Å². The van der Waals surface area contributed by atoms with Crippen molar-refractivity contribution in [3.8, 4) is 0 Å². The normalized spacial score (nSPS) is 10.0. The molecule has 1 N–H and O–H groups in total. The highest BCUT2D eigenvalue weighted by molar-refractivity contribution is 5.80. The molecular weight excluding hydrogens is 226 g/mol. The molecule has 2 rings (SSSR count). The van der Waals surface area contributed by atoms with Gasteiger partial charge in [0.1, 0.15) is 0 Å². The van der Waals surface area contributed by atoms with Crippen molar-refractivity contribution in [2.24, 2.45) is 10.2 Å². The topological polar surface area (TPSA) is 73.2 Å². The van der Waals surface area contributed by atoms with Gasteiger partial charge in [0.05, 0.1) is 11.9 Å². The number of nitrogens with one attached hydrogen (secondary N) is 1. The second-order valence-corrected chi connectivity index (χ2v) is 3.52. The number of anilines is 1. The Morgan fingerprint density at radius 3 is 2.39 bits per heavy atom. The minimum atomic E-state index is 0.589. The predicted molar refractivity (Wildman–Crippen MR) is 72.9 cm³/mol.